The van der Waals surface area contributed by atoms with E-state index < -0.39 is 6.10 Å². The SMILES string of the molecule is CCC(O)C(C)C(=N)c1c(OCCCCCC=O)ccc2ccccc12. The lowest BCUT2D eigenvalue weighted by Gasteiger charge is -2.22. The van der Waals surface area contributed by atoms with Gasteiger partial charge in [-0.2, -0.15) is 0 Å². The van der Waals surface area contributed by atoms with Crippen molar-refractivity contribution in [3.8, 4) is 5.75 Å². The molecule has 0 aromatic heterocycles. The van der Waals surface area contributed by atoms with E-state index in [9.17, 15) is 9.90 Å². The fraction of sp³-hybridized carbons (Fsp3) is 0.455. The number of hydrogen-bond donors (Lipinski definition) is 2. The predicted molar refractivity (Wildman–Crippen MR) is 106 cm³/mol. The van der Waals surface area contributed by atoms with Crippen molar-refractivity contribution in [2.45, 2.75) is 52.1 Å². The highest BCUT2D eigenvalue weighted by atomic mass is 16.5. The lowest BCUT2D eigenvalue weighted by Crippen LogP contribution is -2.25. The maximum absolute atomic E-state index is 10.4. The minimum Gasteiger partial charge on any atom is -0.493 e. The summed E-state index contributed by atoms with van der Waals surface area (Å²) in [5.41, 5.74) is 1.18. The van der Waals surface area contributed by atoms with Crippen LogP contribution in [0.4, 0.5) is 0 Å². The highest BCUT2D eigenvalue weighted by molar-refractivity contribution is 6.12. The predicted octanol–water partition coefficient (Wildman–Crippen LogP) is 4.75. The minimum atomic E-state index is -0.544. The molecule has 0 bridgehead atoms. The molecule has 0 saturated heterocycles. The van der Waals surface area contributed by atoms with E-state index in [-0.39, 0.29) is 5.92 Å². The van der Waals surface area contributed by atoms with Gasteiger partial charge in [0.2, 0.25) is 0 Å². The first-order chi connectivity index (χ1) is 12.6. The van der Waals surface area contributed by atoms with Gasteiger partial charge in [0.15, 0.2) is 0 Å². The van der Waals surface area contributed by atoms with Crippen LogP contribution in [-0.2, 0) is 4.79 Å². The number of ether oxygens (including phenoxy) is 1. The maximum Gasteiger partial charge on any atom is 0.128 e. The zero-order valence-electron chi connectivity index (χ0n) is 15.7. The average Bonchev–Trinajstić information content (AvgIpc) is 2.68. The quantitative estimate of drug-likeness (QED) is 0.347. The lowest BCUT2D eigenvalue weighted by molar-refractivity contribution is -0.107. The third-order valence-corrected chi connectivity index (χ3v) is 4.83. The average molecular weight is 355 g/mol. The molecule has 0 spiro atoms. The van der Waals surface area contributed by atoms with E-state index in [4.69, 9.17) is 10.1 Å². The summed E-state index contributed by atoms with van der Waals surface area (Å²) in [6, 6.07) is 11.9. The van der Waals surface area contributed by atoms with Gasteiger partial charge in [0.05, 0.1) is 12.7 Å². The van der Waals surface area contributed by atoms with E-state index >= 15 is 0 Å². The van der Waals surface area contributed by atoms with Crippen LogP contribution in [0.15, 0.2) is 36.4 Å². The fourth-order valence-corrected chi connectivity index (χ4v) is 3.11. The number of aliphatic hydroxyl groups excluding tert-OH is 1. The van der Waals surface area contributed by atoms with E-state index in [1.807, 2.05) is 50.2 Å². The van der Waals surface area contributed by atoms with Gasteiger partial charge in [0, 0.05) is 23.6 Å². The van der Waals surface area contributed by atoms with Gasteiger partial charge in [0.25, 0.3) is 0 Å². The molecule has 0 amide bonds. The summed E-state index contributed by atoms with van der Waals surface area (Å²) in [6.07, 6.45) is 4.32. The van der Waals surface area contributed by atoms with Crippen LogP contribution in [0.2, 0.25) is 0 Å². The standard InChI is InChI=1S/C22H29NO3/c1-3-19(25)16(2)22(23)21-18-11-7-6-10-17(18)12-13-20(21)26-15-9-5-4-8-14-24/h6-7,10-14,16,19,23,25H,3-5,8-9,15H2,1-2H3. The smallest absolute Gasteiger partial charge is 0.128 e. The molecule has 26 heavy (non-hydrogen) atoms. The second kappa shape index (κ2) is 10.1. The summed E-state index contributed by atoms with van der Waals surface area (Å²) in [6.45, 7) is 4.37. The number of benzene rings is 2. The highest BCUT2D eigenvalue weighted by Gasteiger charge is 2.23. The van der Waals surface area contributed by atoms with Crippen LogP contribution in [-0.4, -0.2) is 29.8 Å². The molecule has 2 unspecified atom stereocenters. The van der Waals surface area contributed by atoms with Gasteiger partial charge in [-0.05, 0) is 42.5 Å². The first kappa shape index (κ1) is 20.1. The molecule has 140 valence electrons. The molecular formula is C22H29NO3. The molecular weight excluding hydrogens is 326 g/mol. The Hall–Kier alpha value is -2.20. The Labute approximate surface area is 155 Å². The van der Waals surface area contributed by atoms with Gasteiger partial charge in [-0.1, -0.05) is 44.2 Å². The topological polar surface area (TPSA) is 70.4 Å². The number of nitrogens with one attached hydrogen (secondary N) is 1. The van der Waals surface area contributed by atoms with Crippen molar-refractivity contribution in [3.63, 3.8) is 0 Å². The zero-order valence-corrected chi connectivity index (χ0v) is 15.7. The van der Waals surface area contributed by atoms with Crippen LogP contribution < -0.4 is 4.74 Å². The molecule has 2 atom stereocenters. The Morgan fingerprint density at radius 2 is 1.96 bits per heavy atom. The van der Waals surface area contributed by atoms with E-state index in [1.54, 1.807) is 0 Å². The molecule has 2 N–H and O–H groups in total. The summed E-state index contributed by atoms with van der Waals surface area (Å²) < 4.78 is 6.00. The number of aldehydes is 1. The maximum atomic E-state index is 10.4. The van der Waals surface area contributed by atoms with Gasteiger partial charge in [-0.25, -0.2) is 0 Å². The summed E-state index contributed by atoms with van der Waals surface area (Å²) in [7, 11) is 0. The Morgan fingerprint density at radius 1 is 1.19 bits per heavy atom. The summed E-state index contributed by atoms with van der Waals surface area (Å²) >= 11 is 0. The van der Waals surface area contributed by atoms with Crippen molar-refractivity contribution in [2.75, 3.05) is 6.61 Å². The van der Waals surface area contributed by atoms with E-state index in [1.165, 1.54) is 0 Å². The van der Waals surface area contributed by atoms with Crippen molar-refractivity contribution in [1.82, 2.24) is 0 Å². The Kier molecular flexibility index (Phi) is 7.79. The Bertz CT molecular complexity index is 741. The fourth-order valence-electron chi connectivity index (χ4n) is 3.11. The third-order valence-electron chi connectivity index (χ3n) is 4.83. The largest absolute Gasteiger partial charge is 0.493 e. The van der Waals surface area contributed by atoms with Crippen molar-refractivity contribution in [2.24, 2.45) is 5.92 Å². The van der Waals surface area contributed by atoms with Crippen LogP contribution in [0.5, 0.6) is 5.75 Å². The van der Waals surface area contributed by atoms with E-state index in [2.05, 4.69) is 0 Å². The van der Waals surface area contributed by atoms with Crippen LogP contribution >= 0.6 is 0 Å². The van der Waals surface area contributed by atoms with Crippen LogP contribution in [0.3, 0.4) is 0 Å². The third kappa shape index (κ3) is 4.92. The Morgan fingerprint density at radius 3 is 2.69 bits per heavy atom. The molecule has 2 rings (SSSR count). The number of rotatable bonds is 11. The van der Waals surface area contributed by atoms with Gasteiger partial charge in [-0.15, -0.1) is 0 Å². The molecule has 2 aromatic carbocycles. The van der Waals surface area contributed by atoms with Gasteiger partial charge < -0.3 is 20.0 Å². The summed E-state index contributed by atoms with van der Waals surface area (Å²) in [4.78, 5) is 10.4. The number of carbonyl (C=O) groups is 1. The molecule has 0 aliphatic carbocycles. The van der Waals surface area contributed by atoms with Crippen molar-refractivity contribution in [3.05, 3.63) is 42.0 Å². The lowest BCUT2D eigenvalue weighted by atomic mass is 9.89. The number of hydrogen-bond acceptors (Lipinski definition) is 4. The summed E-state index contributed by atoms with van der Waals surface area (Å²) in [5.74, 6) is 0.431. The van der Waals surface area contributed by atoms with Crippen molar-refractivity contribution in [1.29, 1.82) is 5.41 Å². The molecule has 0 saturated carbocycles. The number of carbonyl (C=O) groups excluding carboxylic acids is 1. The molecule has 0 fully saturated rings. The molecule has 2 aromatic rings. The van der Waals surface area contributed by atoms with Crippen LogP contribution in [0.1, 0.15) is 51.5 Å². The van der Waals surface area contributed by atoms with Gasteiger partial charge >= 0.3 is 0 Å². The minimum absolute atomic E-state index is 0.263. The van der Waals surface area contributed by atoms with Crippen molar-refractivity contribution < 1.29 is 14.6 Å². The first-order valence-electron chi connectivity index (χ1n) is 9.45. The molecule has 0 heterocycles. The molecule has 0 radical (unpaired) electrons. The Balaban J connectivity index is 2.25. The van der Waals surface area contributed by atoms with Crippen LogP contribution in [0.25, 0.3) is 10.8 Å². The van der Waals surface area contributed by atoms with E-state index in [0.717, 1.165) is 41.9 Å². The zero-order chi connectivity index (χ0) is 18.9. The summed E-state index contributed by atoms with van der Waals surface area (Å²) in [5, 5.41) is 20.9. The van der Waals surface area contributed by atoms with Gasteiger partial charge in [0.1, 0.15) is 12.0 Å². The van der Waals surface area contributed by atoms with E-state index in [0.29, 0.717) is 30.9 Å². The molecule has 0 aliphatic rings. The first-order valence-corrected chi connectivity index (χ1v) is 9.45. The second-order valence-corrected chi connectivity index (χ2v) is 6.70. The second-order valence-electron chi connectivity index (χ2n) is 6.70. The molecule has 0 aliphatic heterocycles. The van der Waals surface area contributed by atoms with Gasteiger partial charge in [-0.3, -0.25) is 0 Å². The number of fused-ring (bicyclic) bond motifs is 1. The van der Waals surface area contributed by atoms with Crippen LogP contribution in [0, 0.1) is 11.3 Å². The highest BCUT2D eigenvalue weighted by Crippen LogP contribution is 2.31. The van der Waals surface area contributed by atoms with Crippen molar-refractivity contribution >= 4 is 22.8 Å². The number of unbranched alkanes of at least 4 members (excludes halogenated alkanes) is 3. The monoisotopic (exact) mass is 355 g/mol. The normalized spacial score (nSPS) is 13.3. The molecule has 4 heteroatoms. The molecule has 4 nitrogen and oxygen atoms in total. The number of aliphatic hydroxyl groups is 1.